The van der Waals surface area contributed by atoms with Crippen LogP contribution in [-0.2, 0) is 10.8 Å². The summed E-state index contributed by atoms with van der Waals surface area (Å²) >= 11 is 0. The van der Waals surface area contributed by atoms with Crippen molar-refractivity contribution >= 4 is 79.2 Å². The largest absolute Gasteiger partial charge is 0.454 e. The first-order chi connectivity index (χ1) is 23.1. The number of furan rings is 1. The van der Waals surface area contributed by atoms with Crippen molar-refractivity contribution in [2.45, 2.75) is 52.4 Å². The maximum atomic E-state index is 6.80. The molecule has 0 spiro atoms. The Morgan fingerprint density at radius 3 is 1.71 bits per heavy atom. The van der Waals surface area contributed by atoms with Crippen molar-refractivity contribution in [1.29, 1.82) is 0 Å². The Morgan fingerprint density at radius 2 is 1.04 bits per heavy atom. The Kier molecular flexibility index (Phi) is 6.12. The van der Waals surface area contributed by atoms with Gasteiger partial charge in [0, 0.05) is 39.2 Å². The van der Waals surface area contributed by atoms with Crippen LogP contribution in [0.3, 0.4) is 0 Å². The standard InChI is InChI=1S/C44H39BN2O/c1-43(2,3)28-18-22-30(23-19-28)46-36-14-9-8-13-34(36)45-35-27-26-33-32-12-7-10-17-39(32)48-42(33)41(35)47(38-16-11-15-37(46)40(38)45)31-24-20-29(21-25-31)44(4,5)6/h7-27H,1-6H3. The summed E-state index contributed by atoms with van der Waals surface area (Å²) in [5, 5.41) is 2.29. The summed E-state index contributed by atoms with van der Waals surface area (Å²) in [6.45, 7) is 13.7. The lowest BCUT2D eigenvalue weighted by atomic mass is 9.33. The lowest BCUT2D eigenvalue weighted by Crippen LogP contribution is -2.61. The fourth-order valence-electron chi connectivity index (χ4n) is 7.91. The van der Waals surface area contributed by atoms with Gasteiger partial charge in [-0.05, 0) is 86.9 Å². The van der Waals surface area contributed by atoms with Gasteiger partial charge in [-0.25, -0.2) is 0 Å². The van der Waals surface area contributed by atoms with Gasteiger partial charge in [-0.2, -0.15) is 0 Å². The van der Waals surface area contributed by atoms with E-state index in [0.29, 0.717) is 0 Å². The molecule has 1 aromatic heterocycles. The van der Waals surface area contributed by atoms with Gasteiger partial charge in [-0.1, -0.05) is 120 Å². The topological polar surface area (TPSA) is 19.6 Å². The van der Waals surface area contributed by atoms with Crippen molar-refractivity contribution < 1.29 is 4.42 Å². The Balaban J connectivity index is 1.34. The van der Waals surface area contributed by atoms with E-state index >= 15 is 0 Å². The lowest BCUT2D eigenvalue weighted by molar-refractivity contribution is 0.590. The molecule has 2 aliphatic rings. The Labute approximate surface area is 283 Å². The molecule has 0 atom stereocenters. The quantitative estimate of drug-likeness (QED) is 0.179. The van der Waals surface area contributed by atoms with Crippen molar-refractivity contribution in [3.05, 3.63) is 139 Å². The smallest absolute Gasteiger partial charge is 0.252 e. The van der Waals surface area contributed by atoms with Gasteiger partial charge >= 0.3 is 0 Å². The van der Waals surface area contributed by atoms with Crippen molar-refractivity contribution in [2.75, 3.05) is 9.80 Å². The molecule has 7 aromatic rings. The molecule has 0 radical (unpaired) electrons. The minimum Gasteiger partial charge on any atom is -0.454 e. The summed E-state index contributed by atoms with van der Waals surface area (Å²) in [5.74, 6) is 0. The third-order valence-electron chi connectivity index (χ3n) is 10.4. The molecule has 0 unspecified atom stereocenters. The molecule has 234 valence electrons. The fraction of sp³-hybridized carbons (Fsp3) is 0.182. The molecule has 3 heterocycles. The molecule has 3 nitrogen and oxygen atoms in total. The first-order valence-electron chi connectivity index (χ1n) is 17.1. The number of nitrogens with zero attached hydrogens (tertiary/aromatic N) is 2. The number of para-hydroxylation sites is 2. The second kappa shape index (κ2) is 10.1. The highest BCUT2D eigenvalue weighted by molar-refractivity contribution is 7.00. The summed E-state index contributed by atoms with van der Waals surface area (Å²) in [6, 6.07) is 47.1. The summed E-state index contributed by atoms with van der Waals surface area (Å²) < 4.78 is 6.80. The predicted octanol–water partition coefficient (Wildman–Crippen LogP) is 10.3. The highest BCUT2D eigenvalue weighted by atomic mass is 16.3. The van der Waals surface area contributed by atoms with Crippen molar-refractivity contribution in [3.8, 4) is 0 Å². The number of hydrogen-bond donors (Lipinski definition) is 0. The maximum Gasteiger partial charge on any atom is 0.252 e. The molecule has 0 aliphatic carbocycles. The van der Waals surface area contributed by atoms with Crippen LogP contribution in [0.15, 0.2) is 132 Å². The Hall–Kier alpha value is -5.22. The molecule has 0 N–H and O–H groups in total. The average molecular weight is 623 g/mol. The number of benzene rings is 6. The normalized spacial score (nSPS) is 13.9. The second-order valence-electron chi connectivity index (χ2n) is 15.4. The molecule has 9 rings (SSSR count). The zero-order chi connectivity index (χ0) is 32.9. The zero-order valence-electron chi connectivity index (χ0n) is 28.5. The number of fused-ring (bicyclic) bond motifs is 8. The second-order valence-corrected chi connectivity index (χ2v) is 15.4. The third kappa shape index (κ3) is 4.21. The van der Waals surface area contributed by atoms with Crippen molar-refractivity contribution in [2.24, 2.45) is 0 Å². The molecule has 0 saturated heterocycles. The van der Waals surface area contributed by atoms with E-state index in [0.717, 1.165) is 33.3 Å². The van der Waals surface area contributed by atoms with E-state index in [2.05, 4.69) is 179 Å². The van der Waals surface area contributed by atoms with E-state index < -0.39 is 0 Å². The first-order valence-corrected chi connectivity index (χ1v) is 17.1. The SMILES string of the molecule is CC(C)(C)c1ccc(N2c3ccccc3B3c4ccc5c(oc6ccccc65)c4N(c4ccc(C(C)(C)C)cc4)c4cccc2c43)cc1. The molecule has 48 heavy (non-hydrogen) atoms. The summed E-state index contributed by atoms with van der Waals surface area (Å²) in [7, 11) is 0. The van der Waals surface area contributed by atoms with E-state index in [9.17, 15) is 0 Å². The monoisotopic (exact) mass is 622 g/mol. The summed E-state index contributed by atoms with van der Waals surface area (Å²) in [4.78, 5) is 4.92. The third-order valence-corrected chi connectivity index (χ3v) is 10.4. The molecular formula is C44H39BN2O. The van der Waals surface area contributed by atoms with Crippen LogP contribution >= 0.6 is 0 Å². The first kappa shape index (κ1) is 29.0. The number of hydrogen-bond acceptors (Lipinski definition) is 3. The van der Waals surface area contributed by atoms with E-state index in [1.165, 1.54) is 50.3 Å². The molecule has 0 amide bonds. The molecule has 4 heteroatoms. The molecule has 0 fully saturated rings. The van der Waals surface area contributed by atoms with Crippen LogP contribution in [0.1, 0.15) is 52.7 Å². The van der Waals surface area contributed by atoms with E-state index in [-0.39, 0.29) is 17.5 Å². The van der Waals surface area contributed by atoms with Crippen molar-refractivity contribution in [1.82, 2.24) is 0 Å². The lowest BCUT2D eigenvalue weighted by Gasteiger charge is -2.44. The highest BCUT2D eigenvalue weighted by Crippen LogP contribution is 2.47. The van der Waals surface area contributed by atoms with Crippen molar-refractivity contribution in [3.63, 3.8) is 0 Å². The van der Waals surface area contributed by atoms with Gasteiger partial charge in [0.05, 0.1) is 5.69 Å². The van der Waals surface area contributed by atoms with Gasteiger partial charge in [0.2, 0.25) is 0 Å². The van der Waals surface area contributed by atoms with Crippen LogP contribution in [0.5, 0.6) is 0 Å². The molecule has 0 saturated carbocycles. The van der Waals surface area contributed by atoms with Crippen LogP contribution < -0.4 is 26.2 Å². The minimum absolute atomic E-state index is 0.0511. The molecule has 2 aliphatic heterocycles. The van der Waals surface area contributed by atoms with Crippen LogP contribution in [0, 0.1) is 0 Å². The zero-order valence-corrected chi connectivity index (χ0v) is 28.5. The predicted molar refractivity (Wildman–Crippen MR) is 205 cm³/mol. The van der Waals surface area contributed by atoms with E-state index in [1.54, 1.807) is 0 Å². The molecule has 6 aromatic carbocycles. The summed E-state index contributed by atoms with van der Waals surface area (Å²) in [6.07, 6.45) is 0. The van der Waals surface area contributed by atoms with E-state index in [1.807, 2.05) is 0 Å². The van der Waals surface area contributed by atoms with Gasteiger partial charge in [0.1, 0.15) is 5.58 Å². The molecule has 0 bridgehead atoms. The van der Waals surface area contributed by atoms with Gasteiger partial charge in [-0.3, -0.25) is 0 Å². The Morgan fingerprint density at radius 1 is 0.479 bits per heavy atom. The number of rotatable bonds is 2. The Bertz CT molecular complexity index is 2370. The van der Waals surface area contributed by atoms with E-state index in [4.69, 9.17) is 4.42 Å². The van der Waals surface area contributed by atoms with Crippen LogP contribution in [-0.4, -0.2) is 6.71 Å². The maximum absolute atomic E-state index is 6.80. The minimum atomic E-state index is 0.0511. The average Bonchev–Trinajstić information content (AvgIpc) is 3.47. The fourth-order valence-corrected chi connectivity index (χ4v) is 7.91. The van der Waals surface area contributed by atoms with Gasteiger partial charge in [0.25, 0.3) is 6.71 Å². The summed E-state index contributed by atoms with van der Waals surface area (Å²) in [5.41, 5.74) is 15.6. The van der Waals surface area contributed by atoms with Crippen LogP contribution in [0.4, 0.5) is 34.1 Å². The number of anilines is 6. The van der Waals surface area contributed by atoms with Gasteiger partial charge in [0.15, 0.2) is 5.58 Å². The van der Waals surface area contributed by atoms with Gasteiger partial charge in [-0.15, -0.1) is 0 Å². The van der Waals surface area contributed by atoms with Gasteiger partial charge < -0.3 is 14.2 Å². The van der Waals surface area contributed by atoms with Crippen LogP contribution in [0.2, 0.25) is 0 Å². The molecular weight excluding hydrogens is 583 g/mol. The van der Waals surface area contributed by atoms with Crippen LogP contribution in [0.25, 0.3) is 21.9 Å². The highest BCUT2D eigenvalue weighted by Gasteiger charge is 2.44.